The number of alkyl carbamates (subject to hydrolysis) is 2. The van der Waals surface area contributed by atoms with Crippen LogP contribution in [-0.2, 0) is 19.1 Å². The second-order valence-corrected chi connectivity index (χ2v) is 16.5. The molecule has 2 bridgehead atoms. The van der Waals surface area contributed by atoms with E-state index < -0.39 is 24.3 Å². The number of nitrogens with zero attached hydrogens (tertiary/aromatic N) is 4. The Balaban J connectivity index is 1.01. The van der Waals surface area contributed by atoms with E-state index in [1.807, 2.05) is 49.9 Å². The summed E-state index contributed by atoms with van der Waals surface area (Å²) in [6, 6.07) is 11.1. The zero-order valence-electron chi connectivity index (χ0n) is 34.4. The molecule has 0 radical (unpaired) electrons. The maximum absolute atomic E-state index is 13.7. The summed E-state index contributed by atoms with van der Waals surface area (Å²) in [5.74, 6) is 0.953. The summed E-state index contributed by atoms with van der Waals surface area (Å²) in [5.41, 5.74) is 8.49. The first-order valence-corrected chi connectivity index (χ1v) is 20.6. The Bertz CT molecular complexity index is 2260. The zero-order valence-corrected chi connectivity index (χ0v) is 34.4. The Kier molecular flexibility index (Phi) is 11.0. The Morgan fingerprint density at radius 3 is 1.63 bits per heavy atom. The number of H-pyrrole nitrogens is 2. The fraction of sp³-hybridized carbons (Fsp3) is 0.455. The van der Waals surface area contributed by atoms with E-state index in [2.05, 4.69) is 74.5 Å². The van der Waals surface area contributed by atoms with Crippen LogP contribution in [0.1, 0.15) is 100 Å². The average molecular weight is 804 g/mol. The summed E-state index contributed by atoms with van der Waals surface area (Å²) in [4.78, 5) is 71.7. The van der Waals surface area contributed by atoms with Gasteiger partial charge in [0.2, 0.25) is 11.8 Å². The van der Waals surface area contributed by atoms with Gasteiger partial charge in [-0.1, -0.05) is 76.2 Å². The maximum Gasteiger partial charge on any atom is 0.407 e. The lowest BCUT2D eigenvalue weighted by Crippen LogP contribution is -2.51. The smallest absolute Gasteiger partial charge is 0.407 e. The van der Waals surface area contributed by atoms with Crippen molar-refractivity contribution in [2.75, 3.05) is 27.3 Å². The highest BCUT2D eigenvalue weighted by atomic mass is 16.5. The number of hydrogen-bond acceptors (Lipinski definition) is 9. The lowest BCUT2D eigenvalue weighted by molar-refractivity contribution is -0.136. The summed E-state index contributed by atoms with van der Waals surface area (Å²) in [7, 11) is 2.59. The third-order valence-corrected chi connectivity index (χ3v) is 12.2. The fourth-order valence-electron chi connectivity index (χ4n) is 9.19. The van der Waals surface area contributed by atoms with Crippen LogP contribution in [-0.4, -0.2) is 93.1 Å². The van der Waals surface area contributed by atoms with Crippen molar-refractivity contribution in [3.8, 4) is 33.6 Å². The van der Waals surface area contributed by atoms with E-state index in [-0.39, 0.29) is 47.8 Å². The molecule has 0 aliphatic carbocycles. The fourth-order valence-corrected chi connectivity index (χ4v) is 9.19. The van der Waals surface area contributed by atoms with Crippen LogP contribution < -0.4 is 16.0 Å². The van der Waals surface area contributed by atoms with Crippen LogP contribution in [0, 0.1) is 11.8 Å². The molecular weight excluding hydrogens is 751 g/mol. The van der Waals surface area contributed by atoms with Gasteiger partial charge >= 0.3 is 12.2 Å². The number of fused-ring (bicyclic) bond motifs is 5. The summed E-state index contributed by atoms with van der Waals surface area (Å²) in [6.45, 7) is 8.81. The first-order chi connectivity index (χ1) is 28.5. The van der Waals surface area contributed by atoms with Crippen LogP contribution in [0.2, 0.25) is 0 Å². The predicted molar refractivity (Wildman–Crippen MR) is 221 cm³/mol. The van der Waals surface area contributed by atoms with E-state index in [0.717, 1.165) is 71.0 Å². The molecule has 4 amide bonds. The summed E-state index contributed by atoms with van der Waals surface area (Å²) in [6.07, 6.45) is 10.1. The molecule has 15 heteroatoms. The molecule has 2 unspecified atom stereocenters. The minimum absolute atomic E-state index is 0.0641. The molecule has 4 aromatic rings. The number of benzene rings is 2. The lowest BCUT2D eigenvalue weighted by atomic mass is 9.85. The van der Waals surface area contributed by atoms with Crippen LogP contribution in [0.3, 0.4) is 0 Å². The molecule has 59 heavy (non-hydrogen) atoms. The zero-order chi connectivity index (χ0) is 41.5. The Labute approximate surface area is 343 Å². The van der Waals surface area contributed by atoms with Gasteiger partial charge in [-0.05, 0) is 65.3 Å². The summed E-state index contributed by atoms with van der Waals surface area (Å²) < 4.78 is 9.58. The predicted octanol–water partition coefficient (Wildman–Crippen LogP) is 6.48. The van der Waals surface area contributed by atoms with Gasteiger partial charge in [0, 0.05) is 18.7 Å². The van der Waals surface area contributed by atoms with Crippen molar-refractivity contribution in [2.24, 2.45) is 11.8 Å². The topological polar surface area (TPSA) is 187 Å². The molecule has 8 rings (SSSR count). The van der Waals surface area contributed by atoms with E-state index >= 15 is 0 Å². The van der Waals surface area contributed by atoms with E-state index in [0.29, 0.717) is 13.1 Å². The van der Waals surface area contributed by atoms with Crippen molar-refractivity contribution in [1.29, 1.82) is 0 Å². The van der Waals surface area contributed by atoms with Crippen LogP contribution >= 0.6 is 0 Å². The molecule has 2 aromatic heterocycles. The van der Waals surface area contributed by atoms with E-state index in [1.165, 1.54) is 25.3 Å². The number of ether oxygens (including phenoxy) is 2. The summed E-state index contributed by atoms with van der Waals surface area (Å²) >= 11 is 0. The molecule has 2 aromatic carbocycles. The number of carbonyl (C=O) groups is 4. The molecule has 2 fully saturated rings. The molecule has 6 heterocycles. The van der Waals surface area contributed by atoms with Gasteiger partial charge < -0.3 is 39.9 Å². The number of hydrogen-bond donors (Lipinski definition) is 5. The molecule has 0 spiro atoms. The van der Waals surface area contributed by atoms with Crippen molar-refractivity contribution in [3.63, 3.8) is 0 Å². The average Bonchev–Trinajstić information content (AvgIpc) is 4.10. The van der Waals surface area contributed by atoms with Gasteiger partial charge in [0.25, 0.3) is 0 Å². The van der Waals surface area contributed by atoms with Crippen LogP contribution in [0.15, 0.2) is 60.9 Å². The molecule has 5 N–H and O–H groups in total. The third-order valence-electron chi connectivity index (χ3n) is 12.2. The van der Waals surface area contributed by atoms with Crippen molar-refractivity contribution >= 4 is 24.0 Å². The van der Waals surface area contributed by atoms with Crippen LogP contribution in [0.5, 0.6) is 0 Å². The van der Waals surface area contributed by atoms with Crippen LogP contribution in [0.25, 0.3) is 33.6 Å². The molecule has 2 saturated heterocycles. The molecular formula is C44H53N9O6. The number of rotatable bonds is 11. The van der Waals surface area contributed by atoms with E-state index in [4.69, 9.17) is 19.4 Å². The quantitative estimate of drug-likeness (QED) is 0.106. The lowest BCUT2D eigenvalue weighted by Gasteiger charge is -2.30. The third kappa shape index (κ3) is 7.47. The van der Waals surface area contributed by atoms with E-state index in [1.54, 1.807) is 0 Å². The van der Waals surface area contributed by atoms with Gasteiger partial charge in [-0.15, -0.1) is 0 Å². The van der Waals surface area contributed by atoms with Crippen LogP contribution in [0.4, 0.5) is 9.59 Å². The second kappa shape index (κ2) is 16.4. The number of imidazole rings is 2. The highest BCUT2D eigenvalue weighted by Crippen LogP contribution is 2.49. The Morgan fingerprint density at radius 2 is 1.12 bits per heavy atom. The minimum atomic E-state index is -0.699. The van der Waals surface area contributed by atoms with Gasteiger partial charge in [0.05, 0.1) is 62.2 Å². The first-order valence-electron chi connectivity index (χ1n) is 20.6. The van der Waals surface area contributed by atoms with Crippen molar-refractivity contribution in [1.82, 2.24) is 45.7 Å². The van der Waals surface area contributed by atoms with Crippen molar-refractivity contribution in [3.05, 3.63) is 83.7 Å². The highest BCUT2D eigenvalue weighted by molar-refractivity contribution is 5.87. The van der Waals surface area contributed by atoms with Gasteiger partial charge in [-0.25, -0.2) is 19.6 Å². The molecule has 6 atom stereocenters. The largest absolute Gasteiger partial charge is 0.453 e. The Hall–Kier alpha value is -5.96. The minimum Gasteiger partial charge on any atom is -0.453 e. The van der Waals surface area contributed by atoms with Crippen molar-refractivity contribution < 1.29 is 28.7 Å². The molecule has 15 nitrogen and oxygen atoms in total. The number of aromatic amines is 2. The number of carbonyl (C=O) groups excluding carboxylic acids is 4. The molecule has 4 aliphatic rings. The SMILES string of the molecule is COC(=O)N[C@H](C(=O)N1CCC[C@H]1c1ncc(-c2ccc(-c3ccc(-c4cnc([C@@H]5CCCN5C(=O)[C@H](NC(=O)OC)C(C)C)[nH]4)c4c3C3C=CC4N3)cc2)[nH]1)C(C)C. The second-order valence-electron chi connectivity index (χ2n) is 16.5. The number of methoxy groups -OCH3 is 2. The monoisotopic (exact) mass is 803 g/mol. The molecule has 0 saturated carbocycles. The molecule has 4 aliphatic heterocycles. The highest BCUT2D eigenvalue weighted by Gasteiger charge is 2.40. The number of nitrogens with one attached hydrogen (secondary N) is 5. The maximum atomic E-state index is 13.7. The van der Waals surface area contributed by atoms with Crippen molar-refractivity contribution in [2.45, 2.75) is 89.6 Å². The number of likely N-dealkylation sites (tertiary alicyclic amines) is 2. The van der Waals surface area contributed by atoms with Gasteiger partial charge in [0.1, 0.15) is 23.7 Å². The standard InChI is InChI=1S/C44H53N9O6/c1-23(2)37(50-43(56)58-5)41(54)52-19-7-9-33(52)39-45-21-31(48-39)26-13-11-25(12-14-26)27-15-16-28(36-30-18-17-29(47-30)35(27)36)32-22-46-40(49-32)34-10-8-20-53(34)42(55)38(24(3)4)51-44(57)59-6/h11-18,21-24,29-30,33-34,37-38,47H,7-10,19-20H2,1-6H3,(H,45,48)(H,46,49)(H,50,56)(H,51,57)/t29?,30?,33-,34-,37-,38+/m0/s1. The number of amides is 4. The van der Waals surface area contributed by atoms with Gasteiger partial charge in [-0.2, -0.15) is 0 Å². The molecule has 310 valence electrons. The normalized spacial score (nSPS) is 21.6. The van der Waals surface area contributed by atoms with Gasteiger partial charge in [-0.3, -0.25) is 14.9 Å². The first kappa shape index (κ1) is 39.8. The Morgan fingerprint density at radius 1 is 0.661 bits per heavy atom. The van der Waals surface area contributed by atoms with E-state index in [9.17, 15) is 19.2 Å². The summed E-state index contributed by atoms with van der Waals surface area (Å²) in [5, 5.41) is 9.16. The number of aromatic nitrogens is 4. The van der Waals surface area contributed by atoms with Gasteiger partial charge in [0.15, 0.2) is 0 Å².